The van der Waals surface area contributed by atoms with Crippen LogP contribution in [0.3, 0.4) is 0 Å². The molecule has 0 aliphatic carbocycles. The molecule has 0 unspecified atom stereocenters. The zero-order chi connectivity index (χ0) is 19.8. The van der Waals surface area contributed by atoms with Gasteiger partial charge >= 0.3 is 0 Å². The van der Waals surface area contributed by atoms with E-state index < -0.39 is 0 Å². The smallest absolute Gasteiger partial charge is 0.228 e. The zero-order valence-electron chi connectivity index (χ0n) is 15.9. The SMILES string of the molecule is Cn1cc(Cc2nnc3cc(-c4ccnc(Nc5ccnn5C)n4)ccn23)cn1. The minimum atomic E-state index is 0.504. The summed E-state index contributed by atoms with van der Waals surface area (Å²) < 4.78 is 5.48. The summed E-state index contributed by atoms with van der Waals surface area (Å²) in [7, 11) is 3.76. The number of anilines is 2. The highest BCUT2D eigenvalue weighted by molar-refractivity contribution is 5.65. The van der Waals surface area contributed by atoms with Crippen LogP contribution in [-0.4, -0.2) is 44.1 Å². The summed E-state index contributed by atoms with van der Waals surface area (Å²) in [6.45, 7) is 0. The predicted molar refractivity (Wildman–Crippen MR) is 107 cm³/mol. The second-order valence-electron chi connectivity index (χ2n) is 6.69. The molecule has 0 radical (unpaired) electrons. The normalized spacial score (nSPS) is 11.2. The average molecular weight is 386 g/mol. The molecule has 0 amide bonds. The van der Waals surface area contributed by atoms with Gasteiger partial charge in [0, 0.05) is 50.7 Å². The summed E-state index contributed by atoms with van der Waals surface area (Å²) in [5, 5.41) is 20.2. The van der Waals surface area contributed by atoms with E-state index in [9.17, 15) is 0 Å². The van der Waals surface area contributed by atoms with Gasteiger partial charge in [0.05, 0.1) is 18.1 Å². The monoisotopic (exact) mass is 386 g/mol. The molecule has 0 aromatic carbocycles. The summed E-state index contributed by atoms with van der Waals surface area (Å²) in [5.74, 6) is 2.18. The number of nitrogens with zero attached hydrogens (tertiary/aromatic N) is 9. The van der Waals surface area contributed by atoms with E-state index in [1.54, 1.807) is 21.8 Å². The lowest BCUT2D eigenvalue weighted by atomic mass is 10.2. The van der Waals surface area contributed by atoms with Crippen LogP contribution in [0.5, 0.6) is 0 Å². The van der Waals surface area contributed by atoms with E-state index in [1.165, 1.54) is 0 Å². The first-order chi connectivity index (χ1) is 14.2. The quantitative estimate of drug-likeness (QED) is 0.493. The van der Waals surface area contributed by atoms with Crippen LogP contribution in [0.1, 0.15) is 11.4 Å². The standard InChI is InChI=1S/C19H18N10/c1-27-12-13(11-22-27)9-17-25-26-18-10-14(5-8-29(17)18)15-3-6-20-19(23-15)24-16-4-7-21-28(16)2/h3-8,10-12H,9H2,1-2H3,(H,20,23,24). The molecular weight excluding hydrogens is 368 g/mol. The molecule has 29 heavy (non-hydrogen) atoms. The predicted octanol–water partition coefficient (Wildman–Crippen LogP) is 1.99. The number of rotatable bonds is 5. The van der Waals surface area contributed by atoms with Gasteiger partial charge in [0.15, 0.2) is 5.65 Å². The maximum atomic E-state index is 4.61. The van der Waals surface area contributed by atoms with Gasteiger partial charge < -0.3 is 5.32 Å². The van der Waals surface area contributed by atoms with Crippen molar-refractivity contribution in [3.8, 4) is 11.3 Å². The topological polar surface area (TPSA) is 104 Å². The van der Waals surface area contributed by atoms with E-state index in [1.807, 2.05) is 61.4 Å². The Labute approximate surface area is 165 Å². The Morgan fingerprint density at radius 1 is 1.03 bits per heavy atom. The van der Waals surface area contributed by atoms with Crippen LogP contribution in [0.4, 0.5) is 11.8 Å². The number of hydrogen-bond acceptors (Lipinski definition) is 7. The van der Waals surface area contributed by atoms with Crippen LogP contribution >= 0.6 is 0 Å². The molecule has 5 aromatic heterocycles. The molecule has 0 spiro atoms. The first kappa shape index (κ1) is 17.0. The molecule has 5 heterocycles. The summed E-state index contributed by atoms with van der Waals surface area (Å²) in [4.78, 5) is 8.90. The summed E-state index contributed by atoms with van der Waals surface area (Å²) in [5.41, 5.74) is 3.59. The van der Waals surface area contributed by atoms with E-state index in [-0.39, 0.29) is 0 Å². The fraction of sp³-hybridized carbons (Fsp3) is 0.158. The fourth-order valence-corrected chi connectivity index (χ4v) is 3.16. The van der Waals surface area contributed by atoms with Gasteiger partial charge in [-0.05, 0) is 23.8 Å². The third-order valence-electron chi connectivity index (χ3n) is 4.61. The van der Waals surface area contributed by atoms with Crippen molar-refractivity contribution in [2.45, 2.75) is 6.42 Å². The largest absolute Gasteiger partial charge is 0.309 e. The molecular formula is C19H18N10. The first-order valence-electron chi connectivity index (χ1n) is 9.05. The highest BCUT2D eigenvalue weighted by Crippen LogP contribution is 2.21. The lowest BCUT2D eigenvalue weighted by Gasteiger charge is -2.07. The van der Waals surface area contributed by atoms with Crippen molar-refractivity contribution in [3.63, 3.8) is 0 Å². The van der Waals surface area contributed by atoms with Crippen LogP contribution in [0.25, 0.3) is 16.9 Å². The van der Waals surface area contributed by atoms with Crippen molar-refractivity contribution in [3.05, 3.63) is 66.6 Å². The first-order valence-corrected chi connectivity index (χ1v) is 9.05. The second kappa shape index (κ2) is 6.82. The molecule has 10 nitrogen and oxygen atoms in total. The molecule has 144 valence electrons. The number of pyridine rings is 1. The van der Waals surface area contributed by atoms with Crippen molar-refractivity contribution in [1.82, 2.24) is 44.1 Å². The van der Waals surface area contributed by atoms with Gasteiger partial charge in [-0.2, -0.15) is 10.2 Å². The van der Waals surface area contributed by atoms with Gasteiger partial charge in [0.1, 0.15) is 11.6 Å². The minimum Gasteiger partial charge on any atom is -0.309 e. The highest BCUT2D eigenvalue weighted by Gasteiger charge is 2.10. The molecule has 0 atom stereocenters. The maximum absolute atomic E-state index is 4.61. The van der Waals surface area contributed by atoms with Crippen LogP contribution in [0.2, 0.25) is 0 Å². The fourth-order valence-electron chi connectivity index (χ4n) is 3.16. The highest BCUT2D eigenvalue weighted by atomic mass is 15.3. The summed E-state index contributed by atoms with van der Waals surface area (Å²) >= 11 is 0. The van der Waals surface area contributed by atoms with Crippen LogP contribution in [0.15, 0.2) is 55.2 Å². The Kier molecular flexibility index (Phi) is 4.01. The second-order valence-corrected chi connectivity index (χ2v) is 6.69. The number of aromatic nitrogens is 9. The Morgan fingerprint density at radius 2 is 1.97 bits per heavy atom. The van der Waals surface area contributed by atoms with Crippen LogP contribution < -0.4 is 5.32 Å². The molecule has 10 heteroatoms. The van der Waals surface area contributed by atoms with Crippen molar-refractivity contribution in [2.75, 3.05) is 5.32 Å². The molecule has 0 aliphatic heterocycles. The van der Waals surface area contributed by atoms with Crippen molar-refractivity contribution >= 4 is 17.4 Å². The average Bonchev–Trinajstić information content (AvgIpc) is 3.44. The van der Waals surface area contributed by atoms with Crippen molar-refractivity contribution < 1.29 is 0 Å². The molecule has 0 aliphatic rings. The maximum Gasteiger partial charge on any atom is 0.228 e. The number of fused-ring (bicyclic) bond motifs is 1. The van der Waals surface area contributed by atoms with Gasteiger partial charge in [-0.25, -0.2) is 9.97 Å². The van der Waals surface area contributed by atoms with Gasteiger partial charge in [0.25, 0.3) is 0 Å². The van der Waals surface area contributed by atoms with Gasteiger partial charge in [-0.1, -0.05) is 0 Å². The van der Waals surface area contributed by atoms with E-state index in [0.717, 1.165) is 34.1 Å². The van der Waals surface area contributed by atoms with E-state index in [0.29, 0.717) is 12.4 Å². The Bertz CT molecular complexity index is 1300. The number of aryl methyl sites for hydroxylation is 2. The lowest BCUT2D eigenvalue weighted by molar-refractivity contribution is 0.767. The van der Waals surface area contributed by atoms with Crippen molar-refractivity contribution in [2.24, 2.45) is 14.1 Å². The minimum absolute atomic E-state index is 0.504. The summed E-state index contributed by atoms with van der Waals surface area (Å²) in [6.07, 6.45) is 9.89. The van der Waals surface area contributed by atoms with Gasteiger partial charge in [0.2, 0.25) is 5.95 Å². The zero-order valence-corrected chi connectivity index (χ0v) is 15.9. The van der Waals surface area contributed by atoms with Crippen LogP contribution in [-0.2, 0) is 20.5 Å². The molecule has 0 saturated carbocycles. The van der Waals surface area contributed by atoms with Gasteiger partial charge in [-0.15, -0.1) is 10.2 Å². The Balaban J connectivity index is 1.43. The molecule has 0 bridgehead atoms. The lowest BCUT2D eigenvalue weighted by Crippen LogP contribution is -2.03. The van der Waals surface area contributed by atoms with Crippen LogP contribution in [0, 0.1) is 0 Å². The molecule has 5 rings (SSSR count). The molecule has 0 fully saturated rings. The molecule has 1 N–H and O–H groups in total. The Hall–Kier alpha value is -4.08. The molecule has 5 aromatic rings. The van der Waals surface area contributed by atoms with E-state index in [4.69, 9.17) is 0 Å². The number of nitrogens with one attached hydrogen (secondary N) is 1. The third kappa shape index (κ3) is 3.31. The Morgan fingerprint density at radius 3 is 2.76 bits per heavy atom. The third-order valence-corrected chi connectivity index (χ3v) is 4.61. The molecule has 0 saturated heterocycles. The summed E-state index contributed by atoms with van der Waals surface area (Å²) in [6, 6.07) is 7.70. The van der Waals surface area contributed by atoms with Crippen molar-refractivity contribution in [1.29, 1.82) is 0 Å². The number of hydrogen-bond donors (Lipinski definition) is 1. The van der Waals surface area contributed by atoms with E-state index >= 15 is 0 Å². The van der Waals surface area contributed by atoms with E-state index in [2.05, 4.69) is 35.7 Å². The van der Waals surface area contributed by atoms with Gasteiger partial charge in [-0.3, -0.25) is 13.8 Å².